The molecule has 1 aromatic carbocycles. The van der Waals surface area contributed by atoms with Crippen molar-refractivity contribution in [3.63, 3.8) is 0 Å². The van der Waals surface area contributed by atoms with Gasteiger partial charge in [-0.15, -0.1) is 0 Å². The lowest BCUT2D eigenvalue weighted by atomic mass is 9.84. The van der Waals surface area contributed by atoms with Gasteiger partial charge in [0.1, 0.15) is 0 Å². The summed E-state index contributed by atoms with van der Waals surface area (Å²) in [5, 5.41) is 12.9. The minimum absolute atomic E-state index is 0.139. The van der Waals surface area contributed by atoms with Gasteiger partial charge >= 0.3 is 5.97 Å². The van der Waals surface area contributed by atoms with Crippen LogP contribution in [0.1, 0.15) is 30.4 Å². The molecule has 4 unspecified atom stereocenters. The predicted molar refractivity (Wildman–Crippen MR) is 79.7 cm³/mol. The zero-order valence-corrected chi connectivity index (χ0v) is 12.4. The Balaban J connectivity index is 1.60. The van der Waals surface area contributed by atoms with Crippen LogP contribution in [-0.2, 0) is 22.7 Å². The second-order valence-corrected chi connectivity index (χ2v) is 6.35. The summed E-state index contributed by atoms with van der Waals surface area (Å²) < 4.78 is 5.10. The number of rotatable bonds is 6. The summed E-state index contributed by atoms with van der Waals surface area (Å²) in [7, 11) is 1.69. The van der Waals surface area contributed by atoms with Gasteiger partial charge in [-0.3, -0.25) is 4.79 Å². The van der Waals surface area contributed by atoms with E-state index < -0.39 is 5.97 Å². The van der Waals surface area contributed by atoms with E-state index in [0.29, 0.717) is 18.4 Å². The van der Waals surface area contributed by atoms with Crippen LogP contribution in [0.4, 0.5) is 0 Å². The molecule has 0 spiro atoms. The number of hydrogen-bond acceptors (Lipinski definition) is 3. The normalized spacial score (nSPS) is 30.7. The van der Waals surface area contributed by atoms with E-state index in [4.69, 9.17) is 4.74 Å². The highest BCUT2D eigenvalue weighted by Crippen LogP contribution is 2.48. The molecular weight excluding hydrogens is 266 g/mol. The van der Waals surface area contributed by atoms with Gasteiger partial charge in [0.2, 0.25) is 0 Å². The van der Waals surface area contributed by atoms with Crippen molar-refractivity contribution in [1.82, 2.24) is 5.32 Å². The van der Waals surface area contributed by atoms with Crippen molar-refractivity contribution in [2.45, 2.75) is 38.5 Å². The van der Waals surface area contributed by atoms with Gasteiger partial charge in [0, 0.05) is 19.7 Å². The molecule has 1 aromatic rings. The first-order valence-electron chi connectivity index (χ1n) is 7.72. The van der Waals surface area contributed by atoms with Crippen LogP contribution in [0.25, 0.3) is 0 Å². The third-order valence-corrected chi connectivity index (χ3v) is 5.08. The third kappa shape index (κ3) is 2.97. The fraction of sp³-hybridized carbons (Fsp3) is 0.588. The smallest absolute Gasteiger partial charge is 0.308 e. The monoisotopic (exact) mass is 289 g/mol. The molecule has 0 saturated heterocycles. The molecule has 2 aliphatic rings. The van der Waals surface area contributed by atoms with Crippen molar-refractivity contribution < 1.29 is 14.6 Å². The van der Waals surface area contributed by atoms with Crippen LogP contribution in [0.15, 0.2) is 24.3 Å². The van der Waals surface area contributed by atoms with Crippen LogP contribution >= 0.6 is 0 Å². The van der Waals surface area contributed by atoms with Crippen LogP contribution in [0, 0.1) is 17.8 Å². The molecule has 2 bridgehead atoms. The van der Waals surface area contributed by atoms with Gasteiger partial charge in [-0.05, 0) is 42.2 Å². The van der Waals surface area contributed by atoms with E-state index in [-0.39, 0.29) is 12.0 Å². The predicted octanol–water partition coefficient (Wildman–Crippen LogP) is 2.42. The third-order valence-electron chi connectivity index (χ3n) is 5.08. The molecule has 2 N–H and O–H groups in total. The molecule has 0 radical (unpaired) electrons. The topological polar surface area (TPSA) is 58.6 Å². The van der Waals surface area contributed by atoms with Gasteiger partial charge in [-0.2, -0.15) is 0 Å². The van der Waals surface area contributed by atoms with Crippen LogP contribution in [-0.4, -0.2) is 24.2 Å². The molecule has 0 heterocycles. The quantitative estimate of drug-likeness (QED) is 0.844. The van der Waals surface area contributed by atoms with Crippen molar-refractivity contribution in [1.29, 1.82) is 0 Å². The van der Waals surface area contributed by atoms with E-state index in [2.05, 4.69) is 29.6 Å². The lowest BCUT2D eigenvalue weighted by Crippen LogP contribution is -2.43. The second kappa shape index (κ2) is 6.16. The maximum absolute atomic E-state index is 11.5. The Morgan fingerprint density at radius 3 is 2.57 bits per heavy atom. The molecule has 2 aliphatic carbocycles. The molecule has 0 aliphatic heterocycles. The summed E-state index contributed by atoms with van der Waals surface area (Å²) in [6.45, 7) is 1.37. The standard InChI is InChI=1S/C17H23NO3/c1-21-10-12-4-2-11(3-5-12)9-18-16-14-7-6-13(8-14)15(16)17(19)20/h2-5,13-16,18H,6-10H2,1H3,(H,19,20). The lowest BCUT2D eigenvalue weighted by Gasteiger charge is -2.29. The van der Waals surface area contributed by atoms with E-state index in [9.17, 15) is 9.90 Å². The van der Waals surface area contributed by atoms with E-state index in [1.165, 1.54) is 12.0 Å². The first-order chi connectivity index (χ1) is 10.2. The zero-order valence-electron chi connectivity index (χ0n) is 12.4. The SMILES string of the molecule is COCc1ccc(CNC2C3CCC(C3)C2C(=O)O)cc1. The summed E-state index contributed by atoms with van der Waals surface area (Å²) >= 11 is 0. The minimum atomic E-state index is -0.629. The maximum Gasteiger partial charge on any atom is 0.308 e. The van der Waals surface area contributed by atoms with Gasteiger partial charge in [-0.25, -0.2) is 0 Å². The number of nitrogens with one attached hydrogen (secondary N) is 1. The number of methoxy groups -OCH3 is 1. The van der Waals surface area contributed by atoms with E-state index in [1.54, 1.807) is 7.11 Å². The Bertz CT molecular complexity index is 499. The second-order valence-electron chi connectivity index (χ2n) is 6.35. The Morgan fingerprint density at radius 1 is 1.24 bits per heavy atom. The number of carboxylic acids is 1. The Morgan fingerprint density at radius 2 is 1.90 bits per heavy atom. The van der Waals surface area contributed by atoms with Gasteiger partial charge in [-0.1, -0.05) is 24.3 Å². The molecule has 4 atom stereocenters. The number of fused-ring (bicyclic) bond motifs is 2. The summed E-state index contributed by atoms with van der Waals surface area (Å²) in [4.78, 5) is 11.5. The fourth-order valence-electron chi connectivity index (χ4n) is 4.10. The molecular formula is C17H23NO3. The molecule has 2 fully saturated rings. The summed E-state index contributed by atoms with van der Waals surface area (Å²) in [5.74, 6) is 0.101. The van der Waals surface area contributed by atoms with Crippen LogP contribution in [0.2, 0.25) is 0 Å². The van der Waals surface area contributed by atoms with Crippen molar-refractivity contribution in [2.75, 3.05) is 7.11 Å². The lowest BCUT2D eigenvalue weighted by molar-refractivity contribution is -0.144. The molecule has 0 amide bonds. The number of hydrogen-bond donors (Lipinski definition) is 2. The van der Waals surface area contributed by atoms with Crippen molar-refractivity contribution in [2.24, 2.45) is 17.8 Å². The average Bonchev–Trinajstić information content (AvgIpc) is 3.07. The molecule has 3 rings (SSSR count). The summed E-state index contributed by atoms with van der Waals surface area (Å²) in [5.41, 5.74) is 2.35. The Kier molecular flexibility index (Phi) is 4.27. The van der Waals surface area contributed by atoms with Crippen LogP contribution < -0.4 is 5.32 Å². The highest BCUT2D eigenvalue weighted by molar-refractivity contribution is 5.72. The first kappa shape index (κ1) is 14.5. The molecule has 0 aromatic heterocycles. The average molecular weight is 289 g/mol. The van der Waals surface area contributed by atoms with Crippen LogP contribution in [0.3, 0.4) is 0 Å². The van der Waals surface area contributed by atoms with Gasteiger partial charge in [0.15, 0.2) is 0 Å². The van der Waals surface area contributed by atoms with E-state index in [1.807, 2.05) is 0 Å². The molecule has 2 saturated carbocycles. The number of carbonyl (C=O) groups is 1. The molecule has 21 heavy (non-hydrogen) atoms. The van der Waals surface area contributed by atoms with Crippen molar-refractivity contribution >= 4 is 5.97 Å². The van der Waals surface area contributed by atoms with Crippen molar-refractivity contribution in [3.8, 4) is 0 Å². The van der Waals surface area contributed by atoms with E-state index >= 15 is 0 Å². The van der Waals surface area contributed by atoms with Gasteiger partial charge < -0.3 is 15.2 Å². The van der Waals surface area contributed by atoms with Crippen molar-refractivity contribution in [3.05, 3.63) is 35.4 Å². The van der Waals surface area contributed by atoms with E-state index in [0.717, 1.165) is 24.9 Å². The number of ether oxygens (including phenoxy) is 1. The minimum Gasteiger partial charge on any atom is -0.481 e. The van der Waals surface area contributed by atoms with Gasteiger partial charge in [0.25, 0.3) is 0 Å². The highest BCUT2D eigenvalue weighted by atomic mass is 16.5. The maximum atomic E-state index is 11.5. The zero-order chi connectivity index (χ0) is 14.8. The molecule has 114 valence electrons. The number of carboxylic acid groups (broad SMARTS) is 1. The van der Waals surface area contributed by atoms with Gasteiger partial charge in [0.05, 0.1) is 12.5 Å². The Hall–Kier alpha value is -1.39. The molecule has 4 nitrogen and oxygen atoms in total. The number of aliphatic carboxylic acids is 1. The summed E-state index contributed by atoms with van der Waals surface area (Å²) in [6, 6.07) is 8.44. The fourth-order valence-corrected chi connectivity index (χ4v) is 4.10. The molecule has 4 heteroatoms. The first-order valence-corrected chi connectivity index (χ1v) is 7.72. The Labute approximate surface area is 125 Å². The largest absolute Gasteiger partial charge is 0.481 e. The van der Waals surface area contributed by atoms with Crippen LogP contribution in [0.5, 0.6) is 0 Å². The summed E-state index contributed by atoms with van der Waals surface area (Å²) in [6.07, 6.45) is 3.35. The number of benzene rings is 1. The highest BCUT2D eigenvalue weighted by Gasteiger charge is 2.50.